The van der Waals surface area contributed by atoms with Crippen molar-refractivity contribution in [1.29, 1.82) is 0 Å². The molecule has 0 fully saturated rings. The maximum Gasteiger partial charge on any atom is 0.416 e. The van der Waals surface area contributed by atoms with Crippen molar-refractivity contribution >= 4 is 16.9 Å². The van der Waals surface area contributed by atoms with Crippen molar-refractivity contribution in [3.8, 4) is 0 Å². The summed E-state index contributed by atoms with van der Waals surface area (Å²) in [7, 11) is 1.63. The minimum Gasteiger partial charge on any atom is -0.361 e. The topological polar surface area (TPSA) is 52.2 Å². The molecule has 3 rings (SSSR count). The maximum atomic E-state index is 12.8. The number of guanidine groups is 1. The number of hydrogen-bond donors (Lipinski definition) is 3. The van der Waals surface area contributed by atoms with E-state index in [2.05, 4.69) is 26.7 Å². The van der Waals surface area contributed by atoms with Crippen LogP contribution in [0.2, 0.25) is 0 Å². The standard InChI is InChI=1S/C20H21F3N4/c1-24-19(27-12-14-5-4-6-16(11-14)20(21,22)23)25-10-9-15-13-26-18-8-3-2-7-17(15)18/h2-8,11,13,26H,9-10,12H2,1H3,(H2,24,25,27). The second-order valence-electron chi connectivity index (χ2n) is 6.16. The van der Waals surface area contributed by atoms with Gasteiger partial charge in [-0.15, -0.1) is 0 Å². The van der Waals surface area contributed by atoms with Gasteiger partial charge in [0.2, 0.25) is 0 Å². The fraction of sp³-hybridized carbons (Fsp3) is 0.250. The quantitative estimate of drug-likeness (QED) is 0.465. The van der Waals surface area contributed by atoms with E-state index in [1.807, 2.05) is 24.4 Å². The monoisotopic (exact) mass is 374 g/mol. The molecule has 0 aliphatic rings. The molecule has 3 aromatic rings. The second-order valence-corrected chi connectivity index (χ2v) is 6.16. The van der Waals surface area contributed by atoms with Gasteiger partial charge >= 0.3 is 6.18 Å². The van der Waals surface area contributed by atoms with Gasteiger partial charge in [-0.3, -0.25) is 4.99 Å². The van der Waals surface area contributed by atoms with E-state index < -0.39 is 11.7 Å². The number of aliphatic imine (C=N–C) groups is 1. The summed E-state index contributed by atoms with van der Waals surface area (Å²) >= 11 is 0. The Labute approximate surface area is 155 Å². The molecule has 1 aromatic heterocycles. The van der Waals surface area contributed by atoms with E-state index in [1.54, 1.807) is 13.1 Å². The SMILES string of the molecule is CN=C(NCCc1c[nH]c2ccccc12)NCc1cccc(C(F)(F)F)c1. The highest BCUT2D eigenvalue weighted by Crippen LogP contribution is 2.29. The van der Waals surface area contributed by atoms with Gasteiger partial charge in [-0.1, -0.05) is 30.3 Å². The van der Waals surface area contributed by atoms with Gasteiger partial charge in [0.1, 0.15) is 0 Å². The number of nitrogens with zero attached hydrogens (tertiary/aromatic N) is 1. The average Bonchev–Trinajstić information content (AvgIpc) is 3.07. The third-order valence-corrected chi connectivity index (χ3v) is 4.30. The lowest BCUT2D eigenvalue weighted by Gasteiger charge is -2.13. The van der Waals surface area contributed by atoms with E-state index in [0.29, 0.717) is 18.1 Å². The molecule has 27 heavy (non-hydrogen) atoms. The largest absolute Gasteiger partial charge is 0.416 e. The third-order valence-electron chi connectivity index (χ3n) is 4.30. The Morgan fingerprint density at radius 2 is 1.89 bits per heavy atom. The number of aromatic amines is 1. The molecule has 2 aromatic carbocycles. The minimum atomic E-state index is -4.34. The zero-order valence-corrected chi connectivity index (χ0v) is 14.9. The molecule has 0 aliphatic carbocycles. The molecule has 0 aliphatic heterocycles. The first-order valence-electron chi connectivity index (χ1n) is 8.63. The van der Waals surface area contributed by atoms with Crippen LogP contribution in [-0.2, 0) is 19.1 Å². The van der Waals surface area contributed by atoms with E-state index in [4.69, 9.17) is 0 Å². The summed E-state index contributed by atoms with van der Waals surface area (Å²) in [5, 5.41) is 7.42. The molecule has 0 unspecified atom stereocenters. The Bertz CT molecular complexity index is 928. The molecule has 0 saturated heterocycles. The molecule has 0 saturated carbocycles. The predicted octanol–water partition coefficient (Wildman–Crippen LogP) is 4.09. The zero-order valence-electron chi connectivity index (χ0n) is 14.9. The number of nitrogens with one attached hydrogen (secondary N) is 3. The second kappa shape index (κ2) is 8.16. The number of H-pyrrole nitrogens is 1. The summed E-state index contributed by atoms with van der Waals surface area (Å²) in [4.78, 5) is 7.36. The lowest BCUT2D eigenvalue weighted by molar-refractivity contribution is -0.137. The molecule has 4 nitrogen and oxygen atoms in total. The van der Waals surface area contributed by atoms with Gasteiger partial charge in [0.25, 0.3) is 0 Å². The summed E-state index contributed by atoms with van der Waals surface area (Å²) < 4.78 is 38.4. The molecule has 0 radical (unpaired) electrons. The van der Waals surface area contributed by atoms with Crippen molar-refractivity contribution in [2.75, 3.05) is 13.6 Å². The van der Waals surface area contributed by atoms with Crippen LogP contribution in [0.15, 0.2) is 59.7 Å². The summed E-state index contributed by atoms with van der Waals surface area (Å²) in [6.45, 7) is 0.917. The number of para-hydroxylation sites is 1. The summed E-state index contributed by atoms with van der Waals surface area (Å²) in [5.41, 5.74) is 2.19. The zero-order chi connectivity index (χ0) is 19.3. The van der Waals surface area contributed by atoms with Gasteiger partial charge in [-0.25, -0.2) is 0 Å². The predicted molar refractivity (Wildman–Crippen MR) is 102 cm³/mol. The first kappa shape index (κ1) is 18.8. The molecular weight excluding hydrogens is 353 g/mol. The smallest absolute Gasteiger partial charge is 0.361 e. The van der Waals surface area contributed by atoms with Crippen molar-refractivity contribution in [1.82, 2.24) is 15.6 Å². The van der Waals surface area contributed by atoms with Crippen LogP contribution < -0.4 is 10.6 Å². The molecule has 3 N–H and O–H groups in total. The van der Waals surface area contributed by atoms with Crippen LogP contribution in [0.3, 0.4) is 0 Å². The molecule has 0 amide bonds. The molecule has 142 valence electrons. The van der Waals surface area contributed by atoms with Crippen molar-refractivity contribution in [3.05, 3.63) is 71.4 Å². The van der Waals surface area contributed by atoms with Gasteiger partial charge in [0.05, 0.1) is 5.56 Å². The molecule has 7 heteroatoms. The first-order chi connectivity index (χ1) is 13.0. The van der Waals surface area contributed by atoms with E-state index in [0.717, 1.165) is 24.1 Å². The van der Waals surface area contributed by atoms with E-state index >= 15 is 0 Å². The Morgan fingerprint density at radius 3 is 2.67 bits per heavy atom. The van der Waals surface area contributed by atoms with E-state index in [-0.39, 0.29) is 6.54 Å². The number of fused-ring (bicyclic) bond motifs is 1. The third kappa shape index (κ3) is 4.81. The lowest BCUT2D eigenvalue weighted by Crippen LogP contribution is -2.37. The summed E-state index contributed by atoms with van der Waals surface area (Å²) in [6.07, 6.45) is -1.55. The molecule has 0 bridgehead atoms. The van der Waals surface area contributed by atoms with Crippen LogP contribution in [0.5, 0.6) is 0 Å². The van der Waals surface area contributed by atoms with Crippen molar-refractivity contribution in [2.45, 2.75) is 19.1 Å². The van der Waals surface area contributed by atoms with Crippen LogP contribution in [0.1, 0.15) is 16.7 Å². The lowest BCUT2D eigenvalue weighted by atomic mass is 10.1. The summed E-state index contributed by atoms with van der Waals surface area (Å²) in [6, 6.07) is 13.4. The van der Waals surface area contributed by atoms with Crippen molar-refractivity contribution in [2.24, 2.45) is 4.99 Å². The maximum absolute atomic E-state index is 12.8. The van der Waals surface area contributed by atoms with Gasteiger partial charge in [-0.05, 0) is 35.7 Å². The molecule has 0 atom stereocenters. The van der Waals surface area contributed by atoms with Crippen LogP contribution in [0.25, 0.3) is 10.9 Å². The number of aromatic nitrogens is 1. The van der Waals surface area contributed by atoms with Gasteiger partial charge in [0, 0.05) is 37.2 Å². The van der Waals surface area contributed by atoms with Gasteiger partial charge < -0.3 is 15.6 Å². The van der Waals surface area contributed by atoms with Crippen molar-refractivity contribution in [3.63, 3.8) is 0 Å². The van der Waals surface area contributed by atoms with E-state index in [1.165, 1.54) is 17.0 Å². The molecular formula is C20H21F3N4. The normalized spacial score (nSPS) is 12.4. The number of rotatable bonds is 5. The van der Waals surface area contributed by atoms with Crippen LogP contribution in [0, 0.1) is 0 Å². The highest BCUT2D eigenvalue weighted by Gasteiger charge is 2.30. The van der Waals surface area contributed by atoms with Crippen LogP contribution in [0.4, 0.5) is 13.2 Å². The van der Waals surface area contributed by atoms with Crippen LogP contribution in [-0.4, -0.2) is 24.5 Å². The highest BCUT2D eigenvalue weighted by molar-refractivity contribution is 5.83. The molecule has 0 spiro atoms. The molecule has 1 heterocycles. The number of halogens is 3. The van der Waals surface area contributed by atoms with Gasteiger partial charge in [-0.2, -0.15) is 13.2 Å². The van der Waals surface area contributed by atoms with Crippen molar-refractivity contribution < 1.29 is 13.2 Å². The number of benzene rings is 2. The summed E-state index contributed by atoms with van der Waals surface area (Å²) in [5.74, 6) is 0.548. The fourth-order valence-corrected chi connectivity index (χ4v) is 2.92. The first-order valence-corrected chi connectivity index (χ1v) is 8.63. The average molecular weight is 374 g/mol. The Balaban J connectivity index is 1.53. The van der Waals surface area contributed by atoms with Crippen LogP contribution >= 0.6 is 0 Å². The van der Waals surface area contributed by atoms with Gasteiger partial charge in [0.15, 0.2) is 5.96 Å². The fourth-order valence-electron chi connectivity index (χ4n) is 2.92. The Kier molecular flexibility index (Phi) is 5.69. The number of alkyl halides is 3. The highest BCUT2D eigenvalue weighted by atomic mass is 19.4. The minimum absolute atomic E-state index is 0.261. The number of hydrogen-bond acceptors (Lipinski definition) is 1. The Morgan fingerprint density at radius 1 is 1.07 bits per heavy atom. The Hall–Kier alpha value is -2.96. The van der Waals surface area contributed by atoms with E-state index in [9.17, 15) is 13.2 Å².